The normalized spacial score (nSPS) is 10.7. The molecule has 3 aromatic rings. The molecule has 1 aromatic heterocycles. The van der Waals surface area contributed by atoms with E-state index in [2.05, 4.69) is 31.2 Å². The van der Waals surface area contributed by atoms with Crippen LogP contribution in [0.25, 0.3) is 10.9 Å². The van der Waals surface area contributed by atoms with Gasteiger partial charge in [-0.05, 0) is 30.3 Å². The number of phenolic OH excluding ortho intramolecular Hbond substituents is 1. The van der Waals surface area contributed by atoms with Crippen molar-refractivity contribution in [3.05, 3.63) is 53.0 Å². The van der Waals surface area contributed by atoms with Gasteiger partial charge in [-0.3, -0.25) is 0 Å². The zero-order valence-electron chi connectivity index (χ0n) is 10.1. The SMILES string of the molecule is Oc1ccc2c(Nc3ccc(Br)cc3F)ncnc2c1. The summed E-state index contributed by atoms with van der Waals surface area (Å²) >= 11 is 3.21. The number of halogens is 2. The number of nitrogens with one attached hydrogen (secondary N) is 1. The standard InChI is InChI=1S/C14H9BrFN3O/c15-8-1-4-12(11(16)5-8)19-14-10-3-2-9(20)6-13(10)17-7-18-14/h1-7,20H,(H,17,18,19). The van der Waals surface area contributed by atoms with E-state index in [1.165, 1.54) is 24.5 Å². The number of aromatic hydroxyl groups is 1. The molecule has 0 saturated carbocycles. The molecule has 1 heterocycles. The van der Waals surface area contributed by atoms with E-state index in [-0.39, 0.29) is 11.6 Å². The highest BCUT2D eigenvalue weighted by atomic mass is 79.9. The number of benzene rings is 2. The first kappa shape index (κ1) is 12.8. The fourth-order valence-corrected chi connectivity index (χ4v) is 2.20. The molecule has 6 heteroatoms. The minimum absolute atomic E-state index is 0.122. The molecular weight excluding hydrogens is 325 g/mol. The van der Waals surface area contributed by atoms with E-state index in [4.69, 9.17) is 0 Å². The van der Waals surface area contributed by atoms with Gasteiger partial charge >= 0.3 is 0 Å². The Morgan fingerprint density at radius 1 is 1.10 bits per heavy atom. The van der Waals surface area contributed by atoms with E-state index in [1.54, 1.807) is 18.2 Å². The zero-order chi connectivity index (χ0) is 14.1. The minimum atomic E-state index is -0.384. The summed E-state index contributed by atoms with van der Waals surface area (Å²) in [7, 11) is 0. The van der Waals surface area contributed by atoms with Crippen LogP contribution in [0, 0.1) is 5.82 Å². The van der Waals surface area contributed by atoms with E-state index in [9.17, 15) is 9.50 Å². The number of hydrogen-bond acceptors (Lipinski definition) is 4. The fourth-order valence-electron chi connectivity index (χ4n) is 1.86. The van der Waals surface area contributed by atoms with Gasteiger partial charge in [0.1, 0.15) is 23.7 Å². The molecule has 0 atom stereocenters. The molecule has 20 heavy (non-hydrogen) atoms. The average molecular weight is 334 g/mol. The zero-order valence-corrected chi connectivity index (χ0v) is 11.7. The third-order valence-corrected chi connectivity index (χ3v) is 3.30. The Bertz CT molecular complexity index is 794. The molecule has 2 aromatic carbocycles. The number of aromatic nitrogens is 2. The summed E-state index contributed by atoms with van der Waals surface area (Å²) in [5.41, 5.74) is 0.904. The second-order valence-corrected chi connectivity index (χ2v) is 5.09. The van der Waals surface area contributed by atoms with Crippen molar-refractivity contribution in [3.8, 4) is 5.75 Å². The smallest absolute Gasteiger partial charge is 0.147 e. The number of fused-ring (bicyclic) bond motifs is 1. The van der Waals surface area contributed by atoms with Crippen LogP contribution in [-0.2, 0) is 0 Å². The molecule has 0 unspecified atom stereocenters. The van der Waals surface area contributed by atoms with Crippen molar-refractivity contribution in [2.75, 3.05) is 5.32 Å². The molecule has 3 rings (SSSR count). The van der Waals surface area contributed by atoms with Gasteiger partial charge in [0.15, 0.2) is 0 Å². The first-order valence-corrected chi connectivity index (χ1v) is 6.58. The molecule has 2 N–H and O–H groups in total. The second-order valence-electron chi connectivity index (χ2n) is 4.17. The number of hydrogen-bond donors (Lipinski definition) is 2. The summed E-state index contributed by atoms with van der Waals surface area (Å²) < 4.78 is 14.5. The van der Waals surface area contributed by atoms with Crippen LogP contribution in [-0.4, -0.2) is 15.1 Å². The third-order valence-electron chi connectivity index (χ3n) is 2.80. The van der Waals surface area contributed by atoms with Gasteiger partial charge in [0.25, 0.3) is 0 Å². The molecule has 0 aliphatic carbocycles. The Hall–Kier alpha value is -2.21. The molecule has 0 spiro atoms. The van der Waals surface area contributed by atoms with Crippen LogP contribution >= 0.6 is 15.9 Å². The molecule has 0 fully saturated rings. The first-order chi connectivity index (χ1) is 9.63. The van der Waals surface area contributed by atoms with E-state index >= 15 is 0 Å². The lowest BCUT2D eigenvalue weighted by atomic mass is 10.2. The maximum Gasteiger partial charge on any atom is 0.147 e. The maximum atomic E-state index is 13.8. The molecule has 0 amide bonds. The highest BCUT2D eigenvalue weighted by Crippen LogP contribution is 2.27. The molecule has 0 aliphatic rings. The van der Waals surface area contributed by atoms with Crippen molar-refractivity contribution in [3.63, 3.8) is 0 Å². The predicted molar refractivity (Wildman–Crippen MR) is 78.6 cm³/mol. The van der Waals surface area contributed by atoms with Crippen LogP contribution in [0.1, 0.15) is 0 Å². The van der Waals surface area contributed by atoms with Crippen molar-refractivity contribution in [2.24, 2.45) is 0 Å². The summed E-state index contributed by atoms with van der Waals surface area (Å²) in [6.45, 7) is 0. The molecule has 4 nitrogen and oxygen atoms in total. The number of anilines is 2. The van der Waals surface area contributed by atoms with Crippen molar-refractivity contribution in [1.82, 2.24) is 9.97 Å². The van der Waals surface area contributed by atoms with Gasteiger partial charge in [0.2, 0.25) is 0 Å². The highest BCUT2D eigenvalue weighted by Gasteiger charge is 2.08. The number of phenols is 1. The van der Waals surface area contributed by atoms with E-state index in [1.807, 2.05) is 0 Å². The molecule has 100 valence electrons. The monoisotopic (exact) mass is 333 g/mol. The Balaban J connectivity index is 2.06. The van der Waals surface area contributed by atoms with Crippen LogP contribution in [0.15, 0.2) is 47.2 Å². The lowest BCUT2D eigenvalue weighted by molar-refractivity contribution is 0.476. The minimum Gasteiger partial charge on any atom is -0.508 e. The number of nitrogens with zero attached hydrogens (tertiary/aromatic N) is 2. The average Bonchev–Trinajstić information content (AvgIpc) is 2.41. The second kappa shape index (κ2) is 5.05. The highest BCUT2D eigenvalue weighted by molar-refractivity contribution is 9.10. The molecule has 0 saturated heterocycles. The summed E-state index contributed by atoms with van der Waals surface area (Å²) in [5, 5.41) is 13.1. The van der Waals surface area contributed by atoms with Gasteiger partial charge in [-0.2, -0.15) is 0 Å². The predicted octanol–water partition coefficient (Wildman–Crippen LogP) is 3.98. The van der Waals surface area contributed by atoms with Crippen molar-refractivity contribution in [2.45, 2.75) is 0 Å². The van der Waals surface area contributed by atoms with Gasteiger partial charge in [0.05, 0.1) is 11.2 Å². The van der Waals surface area contributed by atoms with Crippen molar-refractivity contribution >= 4 is 38.3 Å². The van der Waals surface area contributed by atoms with Gasteiger partial charge < -0.3 is 10.4 Å². The maximum absolute atomic E-state index is 13.8. The third kappa shape index (κ3) is 2.42. The molecule has 0 bridgehead atoms. The van der Waals surface area contributed by atoms with Gasteiger partial charge in [-0.15, -0.1) is 0 Å². The summed E-state index contributed by atoms with van der Waals surface area (Å²) in [5.74, 6) is 0.220. The largest absolute Gasteiger partial charge is 0.508 e. The first-order valence-electron chi connectivity index (χ1n) is 5.79. The fraction of sp³-hybridized carbons (Fsp3) is 0. The van der Waals surface area contributed by atoms with Crippen LogP contribution in [0.4, 0.5) is 15.9 Å². The molecular formula is C14H9BrFN3O. The lowest BCUT2D eigenvalue weighted by Gasteiger charge is -2.09. The Morgan fingerprint density at radius 3 is 2.75 bits per heavy atom. The van der Waals surface area contributed by atoms with Crippen LogP contribution in [0.5, 0.6) is 5.75 Å². The van der Waals surface area contributed by atoms with Crippen LogP contribution in [0.2, 0.25) is 0 Å². The quantitative estimate of drug-likeness (QED) is 0.744. The van der Waals surface area contributed by atoms with E-state index < -0.39 is 0 Å². The Morgan fingerprint density at radius 2 is 1.95 bits per heavy atom. The Labute approximate surface area is 122 Å². The summed E-state index contributed by atoms with van der Waals surface area (Å²) in [4.78, 5) is 8.18. The van der Waals surface area contributed by atoms with Gasteiger partial charge in [0, 0.05) is 15.9 Å². The van der Waals surface area contributed by atoms with Crippen molar-refractivity contribution < 1.29 is 9.50 Å². The number of rotatable bonds is 2. The van der Waals surface area contributed by atoms with Gasteiger partial charge in [-0.1, -0.05) is 15.9 Å². The van der Waals surface area contributed by atoms with E-state index in [0.717, 1.165) is 0 Å². The van der Waals surface area contributed by atoms with Crippen LogP contribution in [0.3, 0.4) is 0 Å². The van der Waals surface area contributed by atoms with Crippen molar-refractivity contribution in [1.29, 1.82) is 0 Å². The topological polar surface area (TPSA) is 58.0 Å². The Kier molecular flexibility index (Phi) is 3.23. The lowest BCUT2D eigenvalue weighted by Crippen LogP contribution is -1.98. The van der Waals surface area contributed by atoms with Crippen LogP contribution < -0.4 is 5.32 Å². The summed E-state index contributed by atoms with van der Waals surface area (Å²) in [6.07, 6.45) is 1.36. The molecule has 0 radical (unpaired) electrons. The van der Waals surface area contributed by atoms with E-state index in [0.29, 0.717) is 26.9 Å². The summed E-state index contributed by atoms with van der Waals surface area (Å²) in [6, 6.07) is 9.48. The van der Waals surface area contributed by atoms with Gasteiger partial charge in [-0.25, -0.2) is 14.4 Å². The molecule has 0 aliphatic heterocycles.